The number of nitrogens with zero attached hydrogens (tertiary/aromatic N) is 1. The van der Waals surface area contributed by atoms with Crippen LogP contribution < -0.4 is 0 Å². The number of rotatable bonds is 3. The summed E-state index contributed by atoms with van der Waals surface area (Å²) in [5.74, 6) is 0.650. The van der Waals surface area contributed by atoms with E-state index in [0.29, 0.717) is 5.75 Å². The van der Waals surface area contributed by atoms with Crippen LogP contribution in [0.4, 0.5) is 0 Å². The van der Waals surface area contributed by atoms with E-state index < -0.39 is 0 Å². The largest absolute Gasteiger partial charge is 0.507 e. The lowest BCUT2D eigenvalue weighted by Gasteiger charge is -2.05. The molecule has 0 saturated heterocycles. The fraction of sp³-hybridized carbons (Fsp3) is 0.455. The zero-order valence-electron chi connectivity index (χ0n) is 25.0. The molecule has 3 heteroatoms. The van der Waals surface area contributed by atoms with Crippen molar-refractivity contribution in [1.82, 2.24) is 4.98 Å². The van der Waals surface area contributed by atoms with Gasteiger partial charge in [0.05, 0.1) is 0 Å². The Hall–Kier alpha value is -2.94. The van der Waals surface area contributed by atoms with Crippen molar-refractivity contribution in [1.29, 1.82) is 0 Å². The van der Waals surface area contributed by atoms with Gasteiger partial charge in [-0.25, -0.2) is 0 Å². The van der Waals surface area contributed by atoms with Crippen LogP contribution in [0, 0.1) is 13.8 Å². The topological polar surface area (TPSA) is 50.2 Å². The summed E-state index contributed by atoms with van der Waals surface area (Å²) in [4.78, 5) is 13.7. The molecular weight excluding hydrogens is 442 g/mol. The van der Waals surface area contributed by atoms with Gasteiger partial charge in [-0.05, 0) is 70.0 Å². The van der Waals surface area contributed by atoms with Crippen LogP contribution in [0.3, 0.4) is 0 Å². The number of allylic oxidation sites excluding steroid dienone is 1. The number of benzene rings is 2. The van der Waals surface area contributed by atoms with Crippen LogP contribution in [0.25, 0.3) is 10.8 Å². The van der Waals surface area contributed by atoms with Crippen molar-refractivity contribution in [2.75, 3.05) is 0 Å². The lowest BCUT2D eigenvalue weighted by Crippen LogP contribution is -1.86. The van der Waals surface area contributed by atoms with E-state index in [1.165, 1.54) is 43.0 Å². The van der Waals surface area contributed by atoms with Crippen molar-refractivity contribution in [3.8, 4) is 5.75 Å². The van der Waals surface area contributed by atoms with Gasteiger partial charge in [-0.3, -0.25) is 4.98 Å². The van der Waals surface area contributed by atoms with Crippen LogP contribution in [0.2, 0.25) is 0 Å². The molecule has 3 aromatic rings. The van der Waals surface area contributed by atoms with Crippen LogP contribution >= 0.6 is 0 Å². The first-order chi connectivity index (χ1) is 17.1. The molecule has 0 aliphatic carbocycles. The Morgan fingerprint density at radius 2 is 1.33 bits per heavy atom. The first-order valence-corrected chi connectivity index (χ1v) is 13.3. The van der Waals surface area contributed by atoms with E-state index in [0.717, 1.165) is 29.7 Å². The zero-order valence-corrected chi connectivity index (χ0v) is 25.0. The van der Waals surface area contributed by atoms with Crippen LogP contribution in [-0.4, -0.2) is 15.9 Å². The van der Waals surface area contributed by atoms with Gasteiger partial charge in [0.15, 0.2) is 0 Å². The van der Waals surface area contributed by atoms with E-state index in [-0.39, 0.29) is 5.78 Å². The minimum atomic E-state index is 0.167. The molecule has 0 unspecified atom stereocenters. The van der Waals surface area contributed by atoms with Crippen LogP contribution in [0.15, 0.2) is 61.3 Å². The molecule has 202 valence electrons. The van der Waals surface area contributed by atoms with E-state index in [1.54, 1.807) is 6.08 Å². The fourth-order valence-electron chi connectivity index (χ4n) is 2.59. The third kappa shape index (κ3) is 19.4. The number of pyridine rings is 1. The predicted octanol–water partition coefficient (Wildman–Crippen LogP) is 9.99. The molecule has 0 bridgehead atoms. The molecule has 0 aliphatic heterocycles. The van der Waals surface area contributed by atoms with Crippen molar-refractivity contribution < 1.29 is 9.90 Å². The second-order valence-electron chi connectivity index (χ2n) is 8.12. The smallest absolute Gasteiger partial charge is 0.126 e. The maximum Gasteiger partial charge on any atom is 0.126 e. The van der Waals surface area contributed by atoms with Crippen molar-refractivity contribution in [2.24, 2.45) is 0 Å². The number of unbranched alkanes of at least 4 members (excludes halogenated alkanes) is 1. The van der Waals surface area contributed by atoms with Gasteiger partial charge in [0, 0.05) is 17.3 Å². The highest BCUT2D eigenvalue weighted by molar-refractivity contribution is 5.82. The molecule has 1 aromatic heterocycles. The normalized spacial score (nSPS) is 8.64. The minimum Gasteiger partial charge on any atom is -0.507 e. The summed E-state index contributed by atoms with van der Waals surface area (Å²) in [6.07, 6.45) is 8.11. The van der Waals surface area contributed by atoms with Gasteiger partial charge in [-0.15, -0.1) is 6.58 Å². The number of Topliss-reactive ketones (excluding diaryl/α,β-unsaturated/α-hetero) is 1. The average Bonchev–Trinajstić information content (AvgIpc) is 2.86. The number of para-hydroxylation sites is 1. The standard InChI is InChI=1S/C11H11N.C10H14O.C4H10.C3H6O.C3H6.C2H6/c1-8-3-4-10-7-12-9(2)6-11(10)5-8;1-3-8-6-5-7-9(4-2)10(8)11;1-3-4-2;1-3(2)4;1-3-2;1-2/h3-7H,1-2H3;5-7,11H,3-4H2,1-2H3;3-4H2,1-2H3;1-2H3;3H,1H2,2H3;1-2H3. The number of carbonyl (C=O) groups excluding carboxylic acids is 1. The number of hydrogen-bond acceptors (Lipinski definition) is 3. The van der Waals surface area contributed by atoms with Gasteiger partial charge in [-0.2, -0.15) is 0 Å². The quantitative estimate of drug-likeness (QED) is 0.368. The van der Waals surface area contributed by atoms with Gasteiger partial charge >= 0.3 is 0 Å². The fourth-order valence-corrected chi connectivity index (χ4v) is 2.59. The Morgan fingerprint density at radius 1 is 0.889 bits per heavy atom. The van der Waals surface area contributed by atoms with Crippen LogP contribution in [0.1, 0.15) is 97.5 Å². The molecule has 1 N–H and O–H groups in total. The number of aryl methyl sites for hydroxylation is 4. The second-order valence-corrected chi connectivity index (χ2v) is 8.12. The summed E-state index contributed by atoms with van der Waals surface area (Å²) in [5, 5.41) is 12.1. The number of phenolic OH excluding ortho intramolecular Hbond substituents is 1. The summed E-state index contributed by atoms with van der Waals surface area (Å²) in [7, 11) is 0. The Kier molecular flexibility index (Phi) is 26.3. The highest BCUT2D eigenvalue weighted by Crippen LogP contribution is 2.22. The molecule has 3 nitrogen and oxygen atoms in total. The summed E-state index contributed by atoms with van der Waals surface area (Å²) >= 11 is 0. The molecule has 0 radical (unpaired) electrons. The molecule has 1 heterocycles. The third-order valence-corrected chi connectivity index (χ3v) is 4.48. The Labute approximate surface area is 222 Å². The number of aromatic hydroxyl groups is 1. The first kappa shape index (κ1) is 37.6. The first-order valence-electron chi connectivity index (χ1n) is 13.3. The van der Waals surface area contributed by atoms with Gasteiger partial charge < -0.3 is 9.90 Å². The van der Waals surface area contributed by atoms with Crippen molar-refractivity contribution >= 4 is 16.6 Å². The molecular formula is C33H53NO2. The van der Waals surface area contributed by atoms with Gasteiger partial charge in [0.2, 0.25) is 0 Å². The Balaban J connectivity index is -0.000000416. The van der Waals surface area contributed by atoms with Gasteiger partial charge in [-0.1, -0.05) is 102 Å². The molecule has 0 saturated carbocycles. The van der Waals surface area contributed by atoms with E-state index in [1.807, 2.05) is 52.1 Å². The maximum absolute atomic E-state index is 9.59. The minimum absolute atomic E-state index is 0.167. The van der Waals surface area contributed by atoms with Crippen molar-refractivity contribution in [2.45, 2.75) is 102 Å². The maximum atomic E-state index is 9.59. The molecule has 0 aliphatic rings. The van der Waals surface area contributed by atoms with E-state index in [4.69, 9.17) is 0 Å². The molecule has 0 atom stereocenters. The van der Waals surface area contributed by atoms with Gasteiger partial charge in [0.1, 0.15) is 11.5 Å². The lowest BCUT2D eigenvalue weighted by atomic mass is 10.1. The number of fused-ring (bicyclic) bond motifs is 1. The Bertz CT molecular complexity index is 896. The number of carbonyl (C=O) groups is 1. The van der Waals surface area contributed by atoms with Gasteiger partial charge in [0.25, 0.3) is 0 Å². The Morgan fingerprint density at radius 3 is 1.72 bits per heavy atom. The van der Waals surface area contributed by atoms with Crippen LogP contribution in [-0.2, 0) is 17.6 Å². The zero-order chi connectivity index (χ0) is 28.5. The van der Waals surface area contributed by atoms with Crippen LogP contribution in [0.5, 0.6) is 5.75 Å². The summed E-state index contributed by atoms with van der Waals surface area (Å²) < 4.78 is 0. The monoisotopic (exact) mass is 495 g/mol. The van der Waals surface area contributed by atoms with E-state index in [9.17, 15) is 9.90 Å². The molecule has 0 spiro atoms. The summed E-state index contributed by atoms with van der Waals surface area (Å²) in [5.41, 5.74) is 4.47. The molecule has 0 fully saturated rings. The summed E-state index contributed by atoms with van der Waals surface area (Å²) in [6, 6.07) is 14.4. The summed E-state index contributed by atoms with van der Waals surface area (Å²) in [6.45, 7) is 24.9. The van der Waals surface area contributed by atoms with Crippen molar-refractivity contribution in [3.05, 3.63) is 83.7 Å². The number of ketones is 1. The highest BCUT2D eigenvalue weighted by Gasteiger charge is 2.01. The molecule has 2 aromatic carbocycles. The van der Waals surface area contributed by atoms with E-state index in [2.05, 4.69) is 70.4 Å². The third-order valence-electron chi connectivity index (χ3n) is 4.48. The van der Waals surface area contributed by atoms with Crippen molar-refractivity contribution in [3.63, 3.8) is 0 Å². The molecule has 0 amide bonds. The number of aromatic nitrogens is 1. The lowest BCUT2D eigenvalue weighted by molar-refractivity contribution is -0.114. The molecule has 36 heavy (non-hydrogen) atoms. The highest BCUT2D eigenvalue weighted by atomic mass is 16.3. The number of hydrogen-bond donors (Lipinski definition) is 1. The molecule has 3 rings (SSSR count). The average molecular weight is 496 g/mol. The SMILES string of the molecule is C=CC.CC.CC(C)=O.CCCC.CCc1cccc(CC)c1O.Cc1ccc2cnc(C)cc2c1. The van der Waals surface area contributed by atoms with E-state index >= 15 is 0 Å². The number of phenols is 1. The second kappa shape index (κ2) is 25.2. The predicted molar refractivity (Wildman–Crippen MR) is 162 cm³/mol.